The van der Waals surface area contributed by atoms with Crippen LogP contribution in [0.2, 0.25) is 0 Å². The highest BCUT2D eigenvalue weighted by Gasteiger charge is 2.44. The third-order valence-corrected chi connectivity index (χ3v) is 15.8. The Bertz CT molecular complexity index is 1740. The van der Waals surface area contributed by atoms with Gasteiger partial charge >= 0.3 is 0 Å². The van der Waals surface area contributed by atoms with Crippen LogP contribution >= 0.6 is 0 Å². The average molecular weight is 1170 g/mol. The van der Waals surface area contributed by atoms with Crippen molar-refractivity contribution in [3.05, 3.63) is 122 Å². The molecule has 482 valence electrons. The Balaban J connectivity index is 2.20. The molecular formula is C75H129NO8. The first kappa shape index (κ1) is 78.6. The van der Waals surface area contributed by atoms with E-state index < -0.39 is 49.5 Å². The van der Waals surface area contributed by atoms with Crippen LogP contribution in [0, 0.1) is 0 Å². The number of carbonyl (C=O) groups is 1. The van der Waals surface area contributed by atoms with Crippen molar-refractivity contribution in [2.24, 2.45) is 0 Å². The summed E-state index contributed by atoms with van der Waals surface area (Å²) in [7, 11) is 0. The van der Waals surface area contributed by atoms with Crippen molar-refractivity contribution in [3.63, 3.8) is 0 Å². The molecule has 0 radical (unpaired) electrons. The number of unbranched alkanes of at least 4 members (excludes halogenated alkanes) is 31. The molecule has 1 amide bonds. The molecule has 0 aromatic carbocycles. The van der Waals surface area contributed by atoms with Gasteiger partial charge in [-0.25, -0.2) is 0 Å². The fourth-order valence-corrected chi connectivity index (χ4v) is 10.4. The number of hydrogen-bond acceptors (Lipinski definition) is 8. The van der Waals surface area contributed by atoms with Crippen LogP contribution in [0.4, 0.5) is 0 Å². The molecule has 0 aliphatic carbocycles. The molecule has 84 heavy (non-hydrogen) atoms. The minimum absolute atomic E-state index is 0.204. The van der Waals surface area contributed by atoms with Crippen molar-refractivity contribution in [3.8, 4) is 0 Å². The molecule has 9 nitrogen and oxygen atoms in total. The second kappa shape index (κ2) is 62.6. The largest absolute Gasteiger partial charge is 0.394 e. The van der Waals surface area contributed by atoms with Crippen LogP contribution in [0.5, 0.6) is 0 Å². The van der Waals surface area contributed by atoms with E-state index in [4.69, 9.17) is 9.47 Å². The number of amides is 1. The van der Waals surface area contributed by atoms with Crippen molar-refractivity contribution in [1.82, 2.24) is 5.32 Å². The summed E-state index contributed by atoms with van der Waals surface area (Å²) in [5.74, 6) is -0.204. The van der Waals surface area contributed by atoms with E-state index in [0.717, 1.165) is 116 Å². The molecule has 7 unspecified atom stereocenters. The van der Waals surface area contributed by atoms with Gasteiger partial charge in [-0.05, 0) is 96.3 Å². The number of nitrogens with one attached hydrogen (secondary N) is 1. The fourth-order valence-electron chi connectivity index (χ4n) is 10.4. The van der Waals surface area contributed by atoms with Gasteiger partial charge in [-0.2, -0.15) is 0 Å². The molecule has 1 aliphatic rings. The normalized spacial score (nSPS) is 19.0. The summed E-state index contributed by atoms with van der Waals surface area (Å²) < 4.78 is 11.3. The van der Waals surface area contributed by atoms with Crippen LogP contribution in [0.25, 0.3) is 0 Å². The van der Waals surface area contributed by atoms with E-state index in [9.17, 15) is 30.3 Å². The van der Waals surface area contributed by atoms with Crippen LogP contribution < -0.4 is 5.32 Å². The summed E-state index contributed by atoms with van der Waals surface area (Å²) in [5, 5.41) is 54.7. The zero-order chi connectivity index (χ0) is 60.7. The molecule has 0 aromatic heterocycles. The summed E-state index contributed by atoms with van der Waals surface area (Å²) in [4.78, 5) is 13.1. The summed E-state index contributed by atoms with van der Waals surface area (Å²) in [6.45, 7) is 3.66. The summed E-state index contributed by atoms with van der Waals surface area (Å²) in [6, 6.07) is -0.841. The summed E-state index contributed by atoms with van der Waals surface area (Å²) in [5.41, 5.74) is 0. The van der Waals surface area contributed by atoms with Gasteiger partial charge in [0.15, 0.2) is 6.29 Å². The molecule has 0 aromatic rings. The van der Waals surface area contributed by atoms with Crippen LogP contribution in [0.3, 0.4) is 0 Å². The third kappa shape index (κ3) is 50.7. The minimum Gasteiger partial charge on any atom is -0.394 e. The maximum Gasteiger partial charge on any atom is 0.220 e. The molecule has 7 atom stereocenters. The van der Waals surface area contributed by atoms with Gasteiger partial charge < -0.3 is 40.3 Å². The highest BCUT2D eigenvalue weighted by atomic mass is 16.7. The van der Waals surface area contributed by atoms with Crippen molar-refractivity contribution >= 4 is 5.91 Å². The molecule has 6 N–H and O–H groups in total. The quantitative estimate of drug-likeness (QED) is 0.0261. The molecular weight excluding hydrogens is 1040 g/mol. The first-order valence-electron chi connectivity index (χ1n) is 34.8. The van der Waals surface area contributed by atoms with Crippen LogP contribution in [-0.2, 0) is 14.3 Å². The molecule has 1 aliphatic heterocycles. The van der Waals surface area contributed by atoms with Gasteiger partial charge in [0.05, 0.1) is 25.4 Å². The van der Waals surface area contributed by atoms with Crippen LogP contribution in [0.15, 0.2) is 122 Å². The Morgan fingerprint density at radius 3 is 1.14 bits per heavy atom. The molecule has 0 saturated carbocycles. The van der Waals surface area contributed by atoms with Crippen LogP contribution in [0.1, 0.15) is 290 Å². The highest BCUT2D eigenvalue weighted by molar-refractivity contribution is 5.76. The van der Waals surface area contributed by atoms with E-state index >= 15 is 0 Å². The number of carbonyl (C=O) groups excluding carboxylic acids is 1. The predicted molar refractivity (Wildman–Crippen MR) is 359 cm³/mol. The third-order valence-electron chi connectivity index (χ3n) is 15.8. The SMILES string of the molecule is CC/C=C\C/C=C\C/C=C\C/C=C\C/C=C\C/C=C\C/C=C\C/C=C\CCCCCCCCC(=O)NC(COC1OC(CO)C(O)C(O)C1O)C(O)/C=C/CC/C=C/CCCCCCCCCCCCCCCCCCCCCCCCCC. The minimum atomic E-state index is -1.58. The lowest BCUT2D eigenvalue weighted by Crippen LogP contribution is -2.60. The Morgan fingerprint density at radius 2 is 0.750 bits per heavy atom. The number of aliphatic hydroxyl groups excluding tert-OH is 5. The summed E-state index contributed by atoms with van der Waals surface area (Å²) >= 11 is 0. The van der Waals surface area contributed by atoms with Gasteiger partial charge in [0.2, 0.25) is 5.91 Å². The molecule has 9 heteroatoms. The maximum atomic E-state index is 13.1. The lowest BCUT2D eigenvalue weighted by atomic mass is 9.99. The number of allylic oxidation sites excluding steroid dienone is 19. The van der Waals surface area contributed by atoms with Crippen molar-refractivity contribution in [2.75, 3.05) is 13.2 Å². The average Bonchev–Trinajstić information content (AvgIpc) is 3.70. The van der Waals surface area contributed by atoms with Crippen molar-refractivity contribution < 1.29 is 39.8 Å². The Hall–Kier alpha value is -3.41. The fraction of sp³-hybridized carbons (Fsp3) is 0.720. The van der Waals surface area contributed by atoms with Gasteiger partial charge in [0.1, 0.15) is 24.4 Å². The molecule has 1 saturated heterocycles. The number of rotatable bonds is 59. The second-order valence-corrected chi connectivity index (χ2v) is 23.6. The molecule has 1 fully saturated rings. The van der Waals surface area contributed by atoms with E-state index in [1.165, 1.54) is 154 Å². The smallest absolute Gasteiger partial charge is 0.220 e. The Morgan fingerprint density at radius 1 is 0.417 bits per heavy atom. The van der Waals surface area contributed by atoms with E-state index in [0.29, 0.717) is 6.42 Å². The van der Waals surface area contributed by atoms with Crippen molar-refractivity contribution in [1.29, 1.82) is 0 Å². The zero-order valence-corrected chi connectivity index (χ0v) is 53.9. The topological polar surface area (TPSA) is 149 Å². The standard InChI is InChI=1S/C75H129NO8/c1-3-5-7-9-11-13-15-17-19-21-23-25-27-29-31-33-35-37-39-41-43-45-47-49-51-53-55-57-59-61-63-65-71(79)76-68(67-83-75-74(82)73(81)72(80)70(66-77)84-75)69(78)64-62-60-58-56-54-52-50-48-46-44-42-40-38-36-34-32-30-28-26-24-22-20-18-16-14-12-10-8-6-4-2/h5,7,11,13,17,19,23,25,29,31,35,37,41,43,47,49,54,56,62,64,68-70,72-75,77-78,80-82H,3-4,6,8-10,12,14-16,18,20-22,24,26-28,30,32-34,36,38-40,42,44-46,48,50-53,55,57-61,63,65-67H2,1-2H3,(H,76,79)/b7-5-,13-11-,19-17-,25-23-,31-29-,37-35-,43-41-,49-47-,56-54+,64-62+. The van der Waals surface area contributed by atoms with E-state index in [1.807, 2.05) is 6.08 Å². The predicted octanol–water partition coefficient (Wildman–Crippen LogP) is 19.0. The van der Waals surface area contributed by atoms with E-state index in [1.54, 1.807) is 6.08 Å². The zero-order valence-electron chi connectivity index (χ0n) is 53.9. The van der Waals surface area contributed by atoms with E-state index in [2.05, 4.69) is 129 Å². The van der Waals surface area contributed by atoms with Crippen LogP contribution in [-0.4, -0.2) is 87.5 Å². The lowest BCUT2D eigenvalue weighted by Gasteiger charge is -2.40. The van der Waals surface area contributed by atoms with Gasteiger partial charge in [0.25, 0.3) is 0 Å². The Kier molecular flexibility index (Phi) is 58.6. The monoisotopic (exact) mass is 1170 g/mol. The maximum absolute atomic E-state index is 13.1. The van der Waals surface area contributed by atoms with Gasteiger partial charge in [0, 0.05) is 6.42 Å². The van der Waals surface area contributed by atoms with Crippen molar-refractivity contribution in [2.45, 2.75) is 333 Å². The number of ether oxygens (including phenoxy) is 2. The molecule has 0 spiro atoms. The molecule has 1 rings (SSSR count). The number of hydrogen-bond donors (Lipinski definition) is 6. The van der Waals surface area contributed by atoms with Gasteiger partial charge in [-0.15, -0.1) is 0 Å². The van der Waals surface area contributed by atoms with E-state index in [-0.39, 0.29) is 12.5 Å². The Labute approximate surface area is 516 Å². The second-order valence-electron chi connectivity index (χ2n) is 23.6. The lowest BCUT2D eigenvalue weighted by molar-refractivity contribution is -0.302. The van der Waals surface area contributed by atoms with Gasteiger partial charge in [-0.3, -0.25) is 4.79 Å². The first-order chi connectivity index (χ1) is 41.3. The number of aliphatic hydroxyl groups is 5. The van der Waals surface area contributed by atoms with Gasteiger partial charge in [-0.1, -0.05) is 309 Å². The summed E-state index contributed by atoms with van der Waals surface area (Å²) in [6.07, 6.45) is 87.2. The molecule has 1 heterocycles. The first-order valence-corrected chi connectivity index (χ1v) is 34.8. The molecule has 0 bridgehead atoms. The highest BCUT2D eigenvalue weighted by Crippen LogP contribution is 2.23.